The summed E-state index contributed by atoms with van der Waals surface area (Å²) in [6.45, 7) is 2.79. The van der Waals surface area contributed by atoms with Crippen molar-refractivity contribution in [3.05, 3.63) is 70.3 Å². The molecule has 9 heteroatoms. The Kier molecular flexibility index (Phi) is 7.03. The molecule has 0 fully saturated rings. The molecule has 0 saturated heterocycles. The summed E-state index contributed by atoms with van der Waals surface area (Å²) in [4.78, 5) is 23.9. The highest BCUT2D eigenvalue weighted by Crippen LogP contribution is 2.15. The van der Waals surface area contributed by atoms with Gasteiger partial charge in [0.1, 0.15) is 0 Å². The number of nitrogens with one attached hydrogen (secondary N) is 1. The van der Waals surface area contributed by atoms with Gasteiger partial charge < -0.3 is 4.90 Å². The molecule has 0 aliphatic carbocycles. The van der Waals surface area contributed by atoms with Crippen LogP contribution in [0, 0.1) is 10.1 Å². The molecule has 2 aromatic rings. The molecule has 0 aromatic heterocycles. The van der Waals surface area contributed by atoms with Gasteiger partial charge in [-0.05, 0) is 24.6 Å². The van der Waals surface area contributed by atoms with Crippen LogP contribution in [-0.4, -0.2) is 37.2 Å². The molecule has 1 amide bonds. The molecule has 2 aromatic carbocycles. The SMILES string of the molecule is CCN(Cc1ccccc1)C(=O)CCNS(=O)(=O)c1ccc([N+](=O)[O-])cc1. The van der Waals surface area contributed by atoms with Gasteiger partial charge in [0.25, 0.3) is 5.69 Å². The number of nitro benzene ring substituents is 1. The van der Waals surface area contributed by atoms with Crippen LogP contribution in [0.1, 0.15) is 18.9 Å². The normalized spacial score (nSPS) is 11.1. The van der Waals surface area contributed by atoms with Crippen molar-refractivity contribution < 1.29 is 18.1 Å². The lowest BCUT2D eigenvalue weighted by Crippen LogP contribution is -2.34. The summed E-state index contributed by atoms with van der Waals surface area (Å²) < 4.78 is 26.8. The van der Waals surface area contributed by atoms with Crippen LogP contribution in [0.5, 0.6) is 0 Å². The monoisotopic (exact) mass is 391 g/mol. The summed E-state index contributed by atoms with van der Waals surface area (Å²) in [5.41, 5.74) is 0.808. The lowest BCUT2D eigenvalue weighted by atomic mass is 10.2. The van der Waals surface area contributed by atoms with E-state index in [4.69, 9.17) is 0 Å². The molecule has 27 heavy (non-hydrogen) atoms. The largest absolute Gasteiger partial charge is 0.339 e. The lowest BCUT2D eigenvalue weighted by Gasteiger charge is -2.21. The fourth-order valence-electron chi connectivity index (χ4n) is 2.46. The Hall–Kier alpha value is -2.78. The lowest BCUT2D eigenvalue weighted by molar-refractivity contribution is -0.384. The van der Waals surface area contributed by atoms with Crippen LogP contribution in [0.25, 0.3) is 0 Å². The minimum absolute atomic E-state index is 0.0207. The van der Waals surface area contributed by atoms with Gasteiger partial charge in [-0.15, -0.1) is 0 Å². The number of nitro groups is 1. The molecule has 0 saturated carbocycles. The van der Waals surface area contributed by atoms with E-state index in [0.717, 1.165) is 29.8 Å². The second kappa shape index (κ2) is 9.24. The van der Waals surface area contributed by atoms with Gasteiger partial charge in [0.2, 0.25) is 15.9 Å². The second-order valence-electron chi connectivity index (χ2n) is 5.79. The average Bonchev–Trinajstić information content (AvgIpc) is 2.66. The van der Waals surface area contributed by atoms with Crippen LogP contribution in [-0.2, 0) is 21.4 Å². The number of hydrogen-bond donors (Lipinski definition) is 1. The van der Waals surface area contributed by atoms with Gasteiger partial charge in [0.05, 0.1) is 9.82 Å². The average molecular weight is 391 g/mol. The van der Waals surface area contributed by atoms with Crippen LogP contribution in [0.4, 0.5) is 5.69 Å². The van der Waals surface area contributed by atoms with Gasteiger partial charge >= 0.3 is 0 Å². The summed E-state index contributed by atoms with van der Waals surface area (Å²) in [5, 5.41) is 10.6. The van der Waals surface area contributed by atoms with Crippen molar-refractivity contribution in [3.8, 4) is 0 Å². The van der Waals surface area contributed by atoms with E-state index in [9.17, 15) is 23.3 Å². The van der Waals surface area contributed by atoms with Crippen molar-refractivity contribution in [2.24, 2.45) is 0 Å². The quantitative estimate of drug-likeness (QED) is 0.521. The van der Waals surface area contributed by atoms with E-state index in [1.807, 2.05) is 37.3 Å². The number of non-ortho nitro benzene ring substituents is 1. The third-order valence-corrected chi connectivity index (χ3v) is 5.42. The van der Waals surface area contributed by atoms with Gasteiger partial charge in [-0.2, -0.15) is 0 Å². The Morgan fingerprint density at radius 1 is 1.11 bits per heavy atom. The van der Waals surface area contributed by atoms with E-state index < -0.39 is 14.9 Å². The first-order valence-corrected chi connectivity index (χ1v) is 9.87. The summed E-state index contributed by atoms with van der Waals surface area (Å²) in [6.07, 6.45) is 0.0207. The molecule has 0 aliphatic heterocycles. The molecule has 0 radical (unpaired) electrons. The maximum atomic E-state index is 12.3. The Morgan fingerprint density at radius 2 is 1.74 bits per heavy atom. The third-order valence-electron chi connectivity index (χ3n) is 3.94. The Labute approximate surface area is 158 Å². The molecule has 0 bridgehead atoms. The molecular weight excluding hydrogens is 370 g/mol. The summed E-state index contributed by atoms with van der Waals surface area (Å²) in [6, 6.07) is 14.1. The van der Waals surface area contributed by atoms with Crippen molar-refractivity contribution in [2.45, 2.75) is 24.8 Å². The van der Waals surface area contributed by atoms with Crippen molar-refractivity contribution >= 4 is 21.6 Å². The van der Waals surface area contributed by atoms with Crippen LogP contribution >= 0.6 is 0 Å². The van der Waals surface area contributed by atoms with Gasteiger partial charge in [-0.1, -0.05) is 30.3 Å². The zero-order chi connectivity index (χ0) is 19.9. The zero-order valence-corrected chi connectivity index (χ0v) is 15.7. The van der Waals surface area contributed by atoms with Crippen LogP contribution in [0.15, 0.2) is 59.5 Å². The van der Waals surface area contributed by atoms with Crippen LogP contribution < -0.4 is 4.72 Å². The maximum Gasteiger partial charge on any atom is 0.269 e. The van der Waals surface area contributed by atoms with Crippen LogP contribution in [0.2, 0.25) is 0 Å². The third kappa shape index (κ3) is 5.87. The summed E-state index contributed by atoms with van der Waals surface area (Å²) in [7, 11) is -3.83. The maximum absolute atomic E-state index is 12.3. The predicted octanol–water partition coefficient (Wildman–Crippen LogP) is 2.31. The second-order valence-corrected chi connectivity index (χ2v) is 7.56. The number of sulfonamides is 1. The topological polar surface area (TPSA) is 110 Å². The molecule has 0 atom stereocenters. The van der Waals surface area contributed by atoms with Crippen LogP contribution in [0.3, 0.4) is 0 Å². The molecule has 8 nitrogen and oxygen atoms in total. The van der Waals surface area contributed by atoms with E-state index in [1.54, 1.807) is 4.90 Å². The van der Waals surface area contributed by atoms with E-state index in [-0.39, 0.29) is 29.5 Å². The first kappa shape index (κ1) is 20.5. The molecule has 2 rings (SSSR count). The number of hydrogen-bond acceptors (Lipinski definition) is 5. The van der Waals surface area contributed by atoms with E-state index in [0.29, 0.717) is 13.1 Å². The van der Waals surface area contributed by atoms with Crippen molar-refractivity contribution in [1.82, 2.24) is 9.62 Å². The summed E-state index contributed by atoms with van der Waals surface area (Å²) in [5.74, 6) is -0.159. The zero-order valence-electron chi connectivity index (χ0n) is 14.9. The first-order valence-electron chi connectivity index (χ1n) is 8.39. The number of benzene rings is 2. The number of carbonyl (C=O) groups excluding carboxylic acids is 1. The van der Waals surface area contributed by atoms with Gasteiger partial charge in [0, 0.05) is 38.2 Å². The number of amides is 1. The fraction of sp³-hybridized carbons (Fsp3) is 0.278. The Bertz CT molecular complexity index is 883. The van der Waals surface area contributed by atoms with Crippen molar-refractivity contribution in [1.29, 1.82) is 0 Å². The first-order chi connectivity index (χ1) is 12.8. The minimum Gasteiger partial charge on any atom is -0.339 e. The predicted molar refractivity (Wildman–Crippen MR) is 100 cm³/mol. The number of nitrogens with zero attached hydrogens (tertiary/aromatic N) is 2. The standard InChI is InChI=1S/C18H21N3O5S/c1-2-20(14-15-6-4-3-5-7-15)18(22)12-13-19-27(25,26)17-10-8-16(9-11-17)21(23)24/h3-11,19H,2,12-14H2,1H3. The van der Waals surface area contributed by atoms with Gasteiger partial charge in [-0.25, -0.2) is 13.1 Å². The smallest absolute Gasteiger partial charge is 0.269 e. The van der Waals surface area contributed by atoms with Gasteiger partial charge in [-0.3, -0.25) is 14.9 Å². The molecule has 0 aliphatic rings. The summed E-state index contributed by atoms with van der Waals surface area (Å²) >= 11 is 0. The van der Waals surface area contributed by atoms with E-state index >= 15 is 0 Å². The molecule has 144 valence electrons. The number of carbonyl (C=O) groups is 1. The highest BCUT2D eigenvalue weighted by atomic mass is 32.2. The molecule has 0 spiro atoms. The van der Waals surface area contributed by atoms with Crippen molar-refractivity contribution in [2.75, 3.05) is 13.1 Å². The fourth-order valence-corrected chi connectivity index (χ4v) is 3.49. The molecule has 1 N–H and O–H groups in total. The molecule has 0 unspecified atom stereocenters. The molecule has 0 heterocycles. The number of rotatable bonds is 9. The van der Waals surface area contributed by atoms with Crippen molar-refractivity contribution in [3.63, 3.8) is 0 Å². The highest BCUT2D eigenvalue weighted by molar-refractivity contribution is 7.89. The Morgan fingerprint density at radius 3 is 2.30 bits per heavy atom. The Balaban J connectivity index is 1.91. The molecular formula is C18H21N3O5S. The van der Waals surface area contributed by atoms with Gasteiger partial charge in [0.15, 0.2) is 0 Å². The van der Waals surface area contributed by atoms with E-state index in [1.165, 1.54) is 0 Å². The minimum atomic E-state index is -3.83. The highest BCUT2D eigenvalue weighted by Gasteiger charge is 2.17. The van der Waals surface area contributed by atoms with E-state index in [2.05, 4.69) is 4.72 Å².